The lowest BCUT2D eigenvalue weighted by molar-refractivity contribution is -0.119. The summed E-state index contributed by atoms with van der Waals surface area (Å²) in [6, 6.07) is -0.0716. The smallest absolute Gasteiger partial charge is 0.317 e. The summed E-state index contributed by atoms with van der Waals surface area (Å²) < 4.78 is 0. The number of unbranched alkanes of at least 4 members (excludes halogenated alkanes) is 3. The predicted molar refractivity (Wildman–Crippen MR) is 111 cm³/mol. The van der Waals surface area contributed by atoms with Gasteiger partial charge in [0, 0.05) is 32.7 Å². The maximum atomic E-state index is 12.2. The zero-order valence-electron chi connectivity index (χ0n) is 17.7. The average molecular weight is 420 g/mol. The second-order valence-electron chi connectivity index (χ2n) is 7.94. The minimum Gasteiger partial charge on any atom is -0.394 e. The number of hydrogen-bond acceptors (Lipinski definition) is 7. The van der Waals surface area contributed by atoms with E-state index in [1.807, 2.05) is 9.80 Å². The zero-order valence-corrected chi connectivity index (χ0v) is 17.7. The number of nitrogens with zero attached hydrogens (tertiary/aromatic N) is 2. The third-order valence-corrected chi connectivity index (χ3v) is 5.45. The molecule has 1 rings (SSSR count). The van der Waals surface area contributed by atoms with Gasteiger partial charge in [-0.3, -0.25) is 4.90 Å². The van der Waals surface area contributed by atoms with Crippen molar-refractivity contribution in [2.24, 2.45) is 0 Å². The van der Waals surface area contributed by atoms with Gasteiger partial charge in [-0.05, 0) is 32.2 Å². The van der Waals surface area contributed by atoms with Gasteiger partial charge in [-0.1, -0.05) is 26.2 Å². The second kappa shape index (κ2) is 14.9. The van der Waals surface area contributed by atoms with Crippen LogP contribution in [0.4, 0.5) is 4.79 Å². The number of aliphatic hydroxyl groups excluding tert-OH is 5. The molecule has 9 nitrogen and oxygen atoms in total. The molecule has 0 aliphatic carbocycles. The van der Waals surface area contributed by atoms with Crippen LogP contribution in [0.25, 0.3) is 0 Å². The van der Waals surface area contributed by atoms with E-state index >= 15 is 0 Å². The van der Waals surface area contributed by atoms with Crippen molar-refractivity contribution in [1.29, 1.82) is 0 Å². The highest BCUT2D eigenvalue weighted by atomic mass is 16.4. The van der Waals surface area contributed by atoms with E-state index in [2.05, 4.69) is 12.2 Å². The molecule has 0 aromatic heterocycles. The Kier molecular flexibility index (Phi) is 13.4. The molecule has 0 bridgehead atoms. The van der Waals surface area contributed by atoms with Crippen molar-refractivity contribution in [3.05, 3.63) is 0 Å². The van der Waals surface area contributed by atoms with Crippen molar-refractivity contribution in [1.82, 2.24) is 15.1 Å². The highest BCUT2D eigenvalue weighted by Crippen LogP contribution is 2.10. The van der Waals surface area contributed by atoms with Gasteiger partial charge in [0.15, 0.2) is 0 Å². The lowest BCUT2D eigenvalue weighted by Gasteiger charge is -2.31. The number of aliphatic hydroxyl groups is 5. The lowest BCUT2D eigenvalue weighted by Crippen LogP contribution is -2.51. The maximum Gasteiger partial charge on any atom is 0.317 e. The van der Waals surface area contributed by atoms with Crippen molar-refractivity contribution >= 4 is 6.03 Å². The van der Waals surface area contributed by atoms with Gasteiger partial charge < -0.3 is 35.7 Å². The monoisotopic (exact) mass is 419 g/mol. The summed E-state index contributed by atoms with van der Waals surface area (Å²) in [6.07, 6.45) is 1.44. The van der Waals surface area contributed by atoms with Gasteiger partial charge in [-0.2, -0.15) is 0 Å². The molecule has 0 unspecified atom stereocenters. The fraction of sp³-hybridized carbons (Fsp3) is 0.950. The number of carbonyl (C=O) groups is 1. The number of urea groups is 1. The molecule has 0 aromatic rings. The zero-order chi connectivity index (χ0) is 21.6. The highest BCUT2D eigenvalue weighted by Gasteiger charge is 2.31. The first-order valence-electron chi connectivity index (χ1n) is 11.0. The van der Waals surface area contributed by atoms with Crippen LogP contribution in [0.3, 0.4) is 0 Å². The number of carbonyl (C=O) groups excluding carboxylic acids is 1. The van der Waals surface area contributed by atoms with Crippen molar-refractivity contribution in [2.75, 3.05) is 45.9 Å². The van der Waals surface area contributed by atoms with Crippen LogP contribution < -0.4 is 5.32 Å². The summed E-state index contributed by atoms with van der Waals surface area (Å²) in [4.78, 5) is 16.0. The van der Waals surface area contributed by atoms with Crippen LogP contribution in [0.1, 0.15) is 51.9 Å². The molecular formula is C20H41N3O6. The average Bonchev–Trinajstić information content (AvgIpc) is 2.75. The molecule has 1 aliphatic rings. The molecule has 0 saturated carbocycles. The Bertz CT molecular complexity index is 436. The van der Waals surface area contributed by atoms with Crippen molar-refractivity contribution in [2.45, 2.75) is 76.3 Å². The Morgan fingerprint density at radius 1 is 0.966 bits per heavy atom. The molecule has 29 heavy (non-hydrogen) atoms. The van der Waals surface area contributed by atoms with Gasteiger partial charge >= 0.3 is 6.03 Å². The molecule has 0 aromatic carbocycles. The summed E-state index contributed by atoms with van der Waals surface area (Å²) >= 11 is 0. The molecule has 2 amide bonds. The van der Waals surface area contributed by atoms with E-state index in [-0.39, 0.29) is 12.6 Å². The van der Waals surface area contributed by atoms with Gasteiger partial charge in [-0.15, -0.1) is 0 Å². The summed E-state index contributed by atoms with van der Waals surface area (Å²) in [6.45, 7) is 4.72. The number of hydrogen-bond donors (Lipinski definition) is 6. The van der Waals surface area contributed by atoms with Gasteiger partial charge in [0.05, 0.1) is 12.7 Å². The quantitative estimate of drug-likeness (QED) is 0.209. The molecule has 0 spiro atoms. The van der Waals surface area contributed by atoms with Gasteiger partial charge in [0.25, 0.3) is 0 Å². The predicted octanol–water partition coefficient (Wildman–Crippen LogP) is -0.500. The molecule has 172 valence electrons. The summed E-state index contributed by atoms with van der Waals surface area (Å²) in [5, 5.41) is 51.4. The van der Waals surface area contributed by atoms with Crippen LogP contribution in [-0.4, -0.2) is 112 Å². The Hall–Kier alpha value is -0.970. The number of amides is 2. The first-order valence-corrected chi connectivity index (χ1v) is 11.0. The normalized spacial score (nSPS) is 19.1. The number of piperidine rings is 1. The molecule has 4 atom stereocenters. The van der Waals surface area contributed by atoms with E-state index in [0.29, 0.717) is 19.6 Å². The summed E-state index contributed by atoms with van der Waals surface area (Å²) in [5.74, 6) is 0. The Morgan fingerprint density at radius 3 is 2.24 bits per heavy atom. The van der Waals surface area contributed by atoms with E-state index in [1.54, 1.807) is 0 Å². The second-order valence-corrected chi connectivity index (χ2v) is 7.94. The standard InChI is InChI=1S/C20H41N3O6/c1-2-3-4-6-10-22(14-16(25)18(27)19(28)17(26)15-24)13-9-21-20(29)23-11-7-5-8-12-23/h16-19,24-28H,2-15H2,1H3,(H,21,29)/t16-,17+,18+,19+/m0/s1. The first kappa shape index (κ1) is 26.1. The van der Waals surface area contributed by atoms with E-state index in [0.717, 1.165) is 58.0 Å². The third-order valence-electron chi connectivity index (χ3n) is 5.45. The Labute approximate surface area is 174 Å². The molecule has 9 heteroatoms. The fourth-order valence-corrected chi connectivity index (χ4v) is 3.52. The Morgan fingerprint density at radius 2 is 1.62 bits per heavy atom. The fourth-order valence-electron chi connectivity index (χ4n) is 3.52. The number of likely N-dealkylation sites (tertiary alicyclic amines) is 1. The third kappa shape index (κ3) is 10.1. The maximum absolute atomic E-state index is 12.2. The minimum absolute atomic E-state index is 0.0716. The molecule has 1 heterocycles. The number of rotatable bonds is 14. The van der Waals surface area contributed by atoms with Crippen LogP contribution in [0.15, 0.2) is 0 Å². The topological polar surface area (TPSA) is 137 Å². The molecule has 0 radical (unpaired) electrons. The van der Waals surface area contributed by atoms with E-state index in [1.165, 1.54) is 0 Å². The van der Waals surface area contributed by atoms with Crippen LogP contribution >= 0.6 is 0 Å². The van der Waals surface area contributed by atoms with Gasteiger partial charge in [0.2, 0.25) is 0 Å². The van der Waals surface area contributed by atoms with Crippen molar-refractivity contribution in [3.63, 3.8) is 0 Å². The molecule has 1 aliphatic heterocycles. The molecule has 6 N–H and O–H groups in total. The van der Waals surface area contributed by atoms with E-state index < -0.39 is 31.0 Å². The van der Waals surface area contributed by atoms with Crippen molar-refractivity contribution < 1.29 is 30.3 Å². The molecule has 1 fully saturated rings. The van der Waals surface area contributed by atoms with E-state index in [4.69, 9.17) is 5.11 Å². The van der Waals surface area contributed by atoms with E-state index in [9.17, 15) is 25.2 Å². The summed E-state index contributed by atoms with van der Waals surface area (Å²) in [5.41, 5.74) is 0. The van der Waals surface area contributed by atoms with Crippen LogP contribution in [0.2, 0.25) is 0 Å². The molecule has 1 saturated heterocycles. The van der Waals surface area contributed by atoms with Gasteiger partial charge in [0.1, 0.15) is 18.3 Å². The Balaban J connectivity index is 2.49. The minimum atomic E-state index is -1.63. The van der Waals surface area contributed by atoms with Crippen LogP contribution in [0, 0.1) is 0 Å². The highest BCUT2D eigenvalue weighted by molar-refractivity contribution is 5.74. The number of nitrogens with one attached hydrogen (secondary N) is 1. The first-order chi connectivity index (χ1) is 13.9. The summed E-state index contributed by atoms with van der Waals surface area (Å²) in [7, 11) is 0. The largest absolute Gasteiger partial charge is 0.394 e. The molecular weight excluding hydrogens is 378 g/mol. The lowest BCUT2D eigenvalue weighted by atomic mass is 10.0. The SMILES string of the molecule is CCCCCCN(CCNC(=O)N1CCCCC1)C[C@H](O)[C@@H](O)[C@H](O)[C@H](O)CO. The van der Waals surface area contributed by atoms with Crippen LogP contribution in [-0.2, 0) is 0 Å². The van der Waals surface area contributed by atoms with Crippen molar-refractivity contribution in [3.8, 4) is 0 Å². The van der Waals surface area contributed by atoms with Gasteiger partial charge in [-0.25, -0.2) is 4.79 Å². The van der Waals surface area contributed by atoms with Crippen LogP contribution in [0.5, 0.6) is 0 Å².